The lowest BCUT2D eigenvalue weighted by Gasteiger charge is -2.72. The van der Waals surface area contributed by atoms with E-state index in [1.807, 2.05) is 13.8 Å². The van der Waals surface area contributed by atoms with Gasteiger partial charge in [0.15, 0.2) is 25.2 Å². The van der Waals surface area contributed by atoms with Crippen LogP contribution in [0.25, 0.3) is 0 Å². The van der Waals surface area contributed by atoms with Crippen molar-refractivity contribution in [1.29, 1.82) is 0 Å². The van der Waals surface area contributed by atoms with Crippen molar-refractivity contribution in [1.82, 2.24) is 0 Å². The minimum atomic E-state index is -1.99. The van der Waals surface area contributed by atoms with E-state index in [1.54, 1.807) is 0 Å². The Morgan fingerprint density at radius 1 is 0.613 bits per heavy atom. The summed E-state index contributed by atoms with van der Waals surface area (Å²) in [5.74, 6) is -0.969. The van der Waals surface area contributed by atoms with E-state index in [-0.39, 0.29) is 30.3 Å². The number of rotatable bonds is 13. The molecule has 25 heteroatoms. The molecule has 0 aromatic rings. The fourth-order valence-corrected chi connectivity index (χ4v) is 16.7. The van der Waals surface area contributed by atoms with Gasteiger partial charge in [-0.25, -0.2) is 0 Å². The predicted octanol–water partition coefficient (Wildman–Crippen LogP) is -3.44. The number of aliphatic hydroxyl groups excluding tert-OH is 15. The van der Waals surface area contributed by atoms with E-state index >= 15 is 0 Å². The van der Waals surface area contributed by atoms with Gasteiger partial charge in [-0.2, -0.15) is 0 Å². The van der Waals surface area contributed by atoms with Crippen LogP contribution >= 0.6 is 0 Å². The normalized spacial score (nSPS) is 53.8. The molecule has 80 heavy (non-hydrogen) atoms. The second-order valence-corrected chi connectivity index (χ2v) is 26.7. The van der Waals surface area contributed by atoms with Crippen LogP contribution in [0, 0.1) is 50.2 Å². The summed E-state index contributed by atoms with van der Waals surface area (Å²) >= 11 is 0. The molecule has 460 valence electrons. The molecule has 15 N–H and O–H groups in total. The minimum absolute atomic E-state index is 0.0426. The summed E-state index contributed by atoms with van der Waals surface area (Å²) in [4.78, 5) is 12.3. The zero-order chi connectivity index (χ0) is 58.7. The topological polar surface area (TPSA) is 404 Å². The van der Waals surface area contributed by atoms with Gasteiger partial charge >= 0.3 is 5.97 Å². The molecule has 4 aliphatic heterocycles. The Kier molecular flexibility index (Phi) is 17.9. The van der Waals surface area contributed by atoms with Crippen LogP contribution in [-0.4, -0.2) is 257 Å². The number of fused-ring (bicyclic) bond motifs is 7. The van der Waals surface area contributed by atoms with Gasteiger partial charge in [-0.3, -0.25) is 4.79 Å². The highest BCUT2D eigenvalue weighted by Crippen LogP contribution is 2.76. The molecule has 0 radical (unpaired) electrons. The van der Waals surface area contributed by atoms with Crippen LogP contribution < -0.4 is 0 Å². The quantitative estimate of drug-likeness (QED) is 0.0485. The van der Waals surface area contributed by atoms with Gasteiger partial charge < -0.3 is 119 Å². The highest BCUT2D eigenvalue weighted by molar-refractivity contribution is 5.66. The van der Waals surface area contributed by atoms with Crippen LogP contribution in [0.2, 0.25) is 0 Å². The van der Waals surface area contributed by atoms with Crippen LogP contribution in [0.1, 0.15) is 100 Å². The molecule has 0 spiro atoms. The van der Waals surface area contributed by atoms with E-state index in [4.69, 9.17) is 42.6 Å². The lowest BCUT2D eigenvalue weighted by atomic mass is 9.33. The van der Waals surface area contributed by atoms with Crippen molar-refractivity contribution >= 4 is 5.97 Å². The molecular weight excluding hydrogens is 1060 g/mol. The van der Waals surface area contributed by atoms with Crippen LogP contribution in [0.5, 0.6) is 0 Å². The van der Waals surface area contributed by atoms with E-state index in [2.05, 4.69) is 40.7 Å². The monoisotopic (exact) mass is 1150 g/mol. The van der Waals surface area contributed by atoms with Crippen LogP contribution in [0.15, 0.2) is 11.6 Å². The molecule has 5 aliphatic carbocycles. The second kappa shape index (κ2) is 22.9. The van der Waals surface area contributed by atoms with Crippen molar-refractivity contribution in [3.63, 3.8) is 0 Å². The summed E-state index contributed by atoms with van der Waals surface area (Å²) in [6, 6.07) is 0. The largest absolute Gasteiger partial charge is 0.465 e. The highest BCUT2D eigenvalue weighted by atomic mass is 16.8. The first-order chi connectivity index (χ1) is 37.4. The van der Waals surface area contributed by atoms with E-state index < -0.39 is 207 Å². The van der Waals surface area contributed by atoms with E-state index in [9.17, 15) is 81.4 Å². The maximum absolute atomic E-state index is 12.6. The zero-order valence-corrected chi connectivity index (χ0v) is 46.9. The van der Waals surface area contributed by atoms with Gasteiger partial charge in [-0.1, -0.05) is 60.1 Å². The summed E-state index contributed by atoms with van der Waals surface area (Å²) < 4.78 is 54.7. The third-order valence-electron chi connectivity index (χ3n) is 21.7. The number of carbonyl (C=O) groups excluding carboxylic acids is 1. The number of allylic oxidation sites excluding steroid dienone is 2. The van der Waals surface area contributed by atoms with Gasteiger partial charge in [-0.05, 0) is 89.8 Å². The lowest BCUT2D eigenvalue weighted by Crippen LogP contribution is -2.72. The third-order valence-corrected chi connectivity index (χ3v) is 21.7. The summed E-state index contributed by atoms with van der Waals surface area (Å²) in [5.41, 5.74) is -3.05. The molecule has 4 heterocycles. The molecule has 25 nitrogen and oxygen atoms in total. The Bertz CT molecular complexity index is 2200. The summed E-state index contributed by atoms with van der Waals surface area (Å²) in [6.07, 6.45) is -31.6. The van der Waals surface area contributed by atoms with E-state index in [0.717, 1.165) is 5.57 Å². The number of esters is 1. The molecule has 0 aromatic carbocycles. The first-order valence-corrected chi connectivity index (χ1v) is 28.4. The zero-order valence-electron chi connectivity index (χ0n) is 46.9. The maximum Gasteiger partial charge on any atom is 0.302 e. The first-order valence-electron chi connectivity index (χ1n) is 28.4. The Hall–Kier alpha value is -1.71. The number of carbonyl (C=O) groups is 1. The first kappa shape index (κ1) is 62.8. The fourth-order valence-electron chi connectivity index (χ4n) is 16.7. The molecule has 0 bridgehead atoms. The molecule has 0 unspecified atom stereocenters. The lowest BCUT2D eigenvalue weighted by molar-refractivity contribution is -0.398. The third kappa shape index (κ3) is 10.2. The molecule has 8 fully saturated rings. The van der Waals surface area contributed by atoms with Crippen molar-refractivity contribution in [2.45, 2.75) is 241 Å². The Balaban J connectivity index is 1.04. The Morgan fingerprint density at radius 2 is 1.19 bits per heavy atom. The molecule has 9 rings (SSSR count). The van der Waals surface area contributed by atoms with Crippen molar-refractivity contribution in [2.75, 3.05) is 33.0 Å². The van der Waals surface area contributed by atoms with Crippen LogP contribution in [0.4, 0.5) is 0 Å². The van der Waals surface area contributed by atoms with Crippen molar-refractivity contribution in [3.8, 4) is 0 Å². The SMILES string of the molecule is CC(=O)OC[C@@]12[C@H](O)C[C@]3(C)C(=CC[C@@H]4[C@@]5(C)CC[C@H](O[C@@H]6O[C@H](CO[C@@H]7OC[C@H](O)[C@H](O)[C@H]7O)[C@@H](O[C@@H]7O[C@H](CO)[C@@H](O)[C@H](O)[C@H]7O)[C@H](O)[C@H]6O[C@@H]6O[C@H](CO)[C@@H](O)[C@H](O)[C@H]6O)C(C)(C)[C@@H]5CC[C@]43C)[C@@H]1CC(C)(C)[C@@H](O)[C@@H]2O. The summed E-state index contributed by atoms with van der Waals surface area (Å²) in [6.45, 7) is 13.1. The van der Waals surface area contributed by atoms with Gasteiger partial charge in [0.2, 0.25) is 0 Å². The van der Waals surface area contributed by atoms with Crippen LogP contribution in [-0.2, 0) is 47.4 Å². The average molecular weight is 1150 g/mol. The van der Waals surface area contributed by atoms with Gasteiger partial charge in [0, 0.05) is 6.92 Å². The van der Waals surface area contributed by atoms with E-state index in [1.165, 1.54) is 6.92 Å². The number of hydrogen-bond donors (Lipinski definition) is 15. The average Bonchev–Trinajstić information content (AvgIpc) is 3.59. The predicted molar refractivity (Wildman–Crippen MR) is 270 cm³/mol. The number of ether oxygens (including phenoxy) is 9. The van der Waals surface area contributed by atoms with Gasteiger partial charge in [-0.15, -0.1) is 0 Å². The van der Waals surface area contributed by atoms with Crippen molar-refractivity contribution in [2.24, 2.45) is 50.2 Å². The standard InChI is InChI=1S/C55H90O25/c1-22(58)74-21-55-24(15-50(2,3)44(70)45(55)71)23-9-10-30-52(6)13-12-32(51(4,5)29(52)11-14-53(30,7)54(23,8)16-31(55)60)78-49-43(80-48-40(68)37(65)35(63)27(18-57)76-48)41(69)42(79-47-39(67)36(64)34(62)26(17-56)75-47)28(77-49)20-73-46-38(66)33(61)25(59)19-72-46/h9,24-49,56-57,59-71H,10-21H2,1-8H3/t24-,25-,26+,27+,28+,29-,30+,31+,32-,33-,34+,35+,36-,37-,38+,39+,40+,41-,42+,43+,44-,45-,46-,47-,48-,49-,52-,53+,54+,55-/m0/s1. The Labute approximate surface area is 465 Å². The van der Waals surface area contributed by atoms with Gasteiger partial charge in [0.05, 0.1) is 56.3 Å². The van der Waals surface area contributed by atoms with Gasteiger partial charge in [0.1, 0.15) is 98.2 Å². The summed E-state index contributed by atoms with van der Waals surface area (Å²) in [7, 11) is 0. The molecule has 9 aliphatic rings. The fraction of sp³-hybridized carbons (Fsp3) is 0.945. The second-order valence-electron chi connectivity index (χ2n) is 26.7. The minimum Gasteiger partial charge on any atom is -0.465 e. The smallest absolute Gasteiger partial charge is 0.302 e. The van der Waals surface area contributed by atoms with Gasteiger partial charge in [0.25, 0.3) is 0 Å². The van der Waals surface area contributed by atoms with E-state index in [0.29, 0.717) is 38.5 Å². The molecule has 0 amide bonds. The maximum atomic E-state index is 12.6. The van der Waals surface area contributed by atoms with Crippen molar-refractivity contribution < 1.29 is 124 Å². The number of aliphatic hydroxyl groups is 15. The van der Waals surface area contributed by atoms with Crippen molar-refractivity contribution in [3.05, 3.63) is 11.6 Å². The molecule has 0 aromatic heterocycles. The Morgan fingerprint density at radius 3 is 1.77 bits per heavy atom. The molecular formula is C55H90O25. The summed E-state index contributed by atoms with van der Waals surface area (Å²) in [5, 5.41) is 166. The highest BCUT2D eigenvalue weighted by Gasteiger charge is 2.73. The van der Waals surface area contributed by atoms with Crippen LogP contribution in [0.3, 0.4) is 0 Å². The molecule has 4 saturated carbocycles. The molecule has 30 atom stereocenters. The molecule has 4 saturated heterocycles. The number of hydrogen-bond acceptors (Lipinski definition) is 25.